The number of hydrogen-bond acceptors (Lipinski definition) is 4. The third-order valence-electron chi connectivity index (χ3n) is 6.06. The third-order valence-corrected chi connectivity index (χ3v) is 6.06. The minimum Gasteiger partial charge on any atom is -0.383 e. The molecule has 5 nitrogen and oxygen atoms in total. The number of amides is 1. The van der Waals surface area contributed by atoms with Crippen LogP contribution in [0.4, 0.5) is 0 Å². The van der Waals surface area contributed by atoms with Gasteiger partial charge in [0.25, 0.3) is 0 Å². The lowest BCUT2D eigenvalue weighted by molar-refractivity contribution is -0.127. The van der Waals surface area contributed by atoms with E-state index >= 15 is 0 Å². The molecule has 1 amide bonds. The van der Waals surface area contributed by atoms with Gasteiger partial charge in [0.15, 0.2) is 0 Å². The number of likely N-dealkylation sites (tertiary alicyclic amines) is 1. The van der Waals surface area contributed by atoms with Gasteiger partial charge in [-0.05, 0) is 77.7 Å². The maximum absolute atomic E-state index is 12.7. The Bertz CT molecular complexity index is 558. The Hall–Kier alpha value is -1.43. The number of nitrogens with one attached hydrogen (secondary N) is 1. The van der Waals surface area contributed by atoms with Gasteiger partial charge in [-0.1, -0.05) is 30.3 Å². The Morgan fingerprint density at radius 2 is 1.89 bits per heavy atom. The lowest BCUT2D eigenvalue weighted by Crippen LogP contribution is -2.48. The number of nitrogens with zero attached hydrogens (tertiary/aromatic N) is 2. The zero-order valence-electron chi connectivity index (χ0n) is 18.2. The van der Waals surface area contributed by atoms with Gasteiger partial charge in [-0.15, -0.1) is 0 Å². The van der Waals surface area contributed by atoms with E-state index in [-0.39, 0.29) is 18.0 Å². The highest BCUT2D eigenvalue weighted by Gasteiger charge is 2.27. The van der Waals surface area contributed by atoms with Gasteiger partial charge in [-0.3, -0.25) is 9.69 Å². The standard InChI is InChI=1S/C23H39N3O2/c1-19(22-10-6-5-7-11-22)24-23(27)20(2)26-15-12-21(13-16-26)9-8-14-25(3)17-18-28-4/h5-7,10-11,19-21H,8-9,12-18H2,1-4H3,(H,24,27)/t19-,20-/m1/s1. The molecule has 0 radical (unpaired) electrons. The van der Waals surface area contributed by atoms with Crippen LogP contribution in [0.25, 0.3) is 0 Å². The van der Waals surface area contributed by atoms with E-state index in [0.29, 0.717) is 0 Å². The van der Waals surface area contributed by atoms with Crippen LogP contribution in [0.3, 0.4) is 0 Å². The number of carbonyl (C=O) groups is 1. The molecule has 28 heavy (non-hydrogen) atoms. The molecule has 0 aliphatic carbocycles. The van der Waals surface area contributed by atoms with Crippen LogP contribution in [0, 0.1) is 5.92 Å². The third kappa shape index (κ3) is 7.53. The minimum absolute atomic E-state index is 0.0452. The molecule has 1 N–H and O–H groups in total. The van der Waals surface area contributed by atoms with Crippen LogP contribution in [-0.2, 0) is 9.53 Å². The number of carbonyl (C=O) groups excluding carboxylic acids is 1. The molecule has 5 heteroatoms. The van der Waals surface area contributed by atoms with Crippen molar-refractivity contribution in [1.29, 1.82) is 0 Å². The number of likely N-dealkylation sites (N-methyl/N-ethyl adjacent to an activating group) is 1. The second kappa shape index (κ2) is 12.2. The molecule has 1 heterocycles. The lowest BCUT2D eigenvalue weighted by atomic mass is 9.91. The van der Waals surface area contributed by atoms with Gasteiger partial charge in [-0.2, -0.15) is 0 Å². The summed E-state index contributed by atoms with van der Waals surface area (Å²) >= 11 is 0. The van der Waals surface area contributed by atoms with Crippen LogP contribution < -0.4 is 5.32 Å². The zero-order chi connectivity index (χ0) is 20.4. The van der Waals surface area contributed by atoms with Gasteiger partial charge >= 0.3 is 0 Å². The number of hydrogen-bond donors (Lipinski definition) is 1. The molecule has 158 valence electrons. The average Bonchev–Trinajstić information content (AvgIpc) is 2.72. The van der Waals surface area contributed by atoms with Gasteiger partial charge in [0, 0.05) is 13.7 Å². The largest absolute Gasteiger partial charge is 0.383 e. The van der Waals surface area contributed by atoms with E-state index in [0.717, 1.165) is 44.3 Å². The molecule has 1 aliphatic rings. The first-order valence-electron chi connectivity index (χ1n) is 10.8. The number of rotatable bonds is 11. The highest BCUT2D eigenvalue weighted by molar-refractivity contribution is 5.81. The number of piperidine rings is 1. The van der Waals surface area contributed by atoms with E-state index in [1.165, 1.54) is 25.7 Å². The summed E-state index contributed by atoms with van der Waals surface area (Å²) in [6, 6.07) is 10.1. The molecular formula is C23H39N3O2. The number of benzene rings is 1. The monoisotopic (exact) mass is 389 g/mol. The maximum atomic E-state index is 12.7. The summed E-state index contributed by atoms with van der Waals surface area (Å²) in [7, 11) is 3.92. The Balaban J connectivity index is 1.67. The van der Waals surface area contributed by atoms with Crippen molar-refractivity contribution in [2.45, 2.75) is 51.6 Å². The fraction of sp³-hybridized carbons (Fsp3) is 0.696. The Morgan fingerprint density at radius 1 is 1.21 bits per heavy atom. The van der Waals surface area contributed by atoms with Crippen LogP contribution in [0.1, 0.15) is 51.1 Å². The summed E-state index contributed by atoms with van der Waals surface area (Å²) in [6.45, 7) is 9.09. The van der Waals surface area contributed by atoms with E-state index in [1.54, 1.807) is 7.11 Å². The second-order valence-corrected chi connectivity index (χ2v) is 8.23. The molecular weight excluding hydrogens is 350 g/mol. The highest BCUT2D eigenvalue weighted by atomic mass is 16.5. The normalized spacial score (nSPS) is 18.2. The molecule has 0 spiro atoms. The summed E-state index contributed by atoms with van der Waals surface area (Å²) in [5.74, 6) is 0.931. The van der Waals surface area contributed by atoms with Gasteiger partial charge in [0.1, 0.15) is 0 Å². The van der Waals surface area contributed by atoms with Crippen LogP contribution in [0.15, 0.2) is 30.3 Å². The van der Waals surface area contributed by atoms with E-state index < -0.39 is 0 Å². The van der Waals surface area contributed by atoms with Crippen molar-refractivity contribution >= 4 is 5.91 Å². The van der Waals surface area contributed by atoms with Crippen LogP contribution in [0.2, 0.25) is 0 Å². The molecule has 1 fully saturated rings. The predicted octanol–water partition coefficient (Wildman–Crippen LogP) is 3.32. The van der Waals surface area contributed by atoms with Crippen LogP contribution in [0.5, 0.6) is 0 Å². The van der Waals surface area contributed by atoms with Crippen molar-refractivity contribution in [1.82, 2.24) is 15.1 Å². The van der Waals surface area contributed by atoms with Crippen molar-refractivity contribution in [2.75, 3.05) is 46.9 Å². The van der Waals surface area contributed by atoms with Crippen molar-refractivity contribution in [2.24, 2.45) is 5.92 Å². The molecule has 2 rings (SSSR count). The molecule has 1 aromatic carbocycles. The average molecular weight is 390 g/mol. The Labute approximate surface area is 171 Å². The van der Waals surface area contributed by atoms with E-state index in [1.807, 2.05) is 25.1 Å². The first-order valence-corrected chi connectivity index (χ1v) is 10.8. The molecule has 2 atom stereocenters. The molecule has 0 saturated carbocycles. The second-order valence-electron chi connectivity index (χ2n) is 8.23. The number of methoxy groups -OCH3 is 1. The van der Waals surface area contributed by atoms with Crippen LogP contribution >= 0.6 is 0 Å². The first kappa shape index (κ1) is 22.9. The van der Waals surface area contributed by atoms with Crippen molar-refractivity contribution < 1.29 is 9.53 Å². The maximum Gasteiger partial charge on any atom is 0.237 e. The van der Waals surface area contributed by atoms with Crippen LogP contribution in [-0.4, -0.2) is 68.7 Å². The van der Waals surface area contributed by atoms with Gasteiger partial charge in [-0.25, -0.2) is 0 Å². The first-order chi connectivity index (χ1) is 13.5. The minimum atomic E-state index is -0.0627. The quantitative estimate of drug-likeness (QED) is 0.631. The summed E-state index contributed by atoms with van der Waals surface area (Å²) in [5.41, 5.74) is 1.15. The fourth-order valence-corrected chi connectivity index (χ4v) is 3.96. The van der Waals surface area contributed by atoms with Gasteiger partial charge in [0.2, 0.25) is 5.91 Å². The molecule has 0 aromatic heterocycles. The summed E-state index contributed by atoms with van der Waals surface area (Å²) < 4.78 is 5.13. The Morgan fingerprint density at radius 3 is 2.54 bits per heavy atom. The lowest BCUT2D eigenvalue weighted by Gasteiger charge is -2.36. The molecule has 1 aromatic rings. The van der Waals surface area contributed by atoms with Gasteiger partial charge in [0.05, 0.1) is 18.7 Å². The topological polar surface area (TPSA) is 44.8 Å². The van der Waals surface area contributed by atoms with E-state index in [9.17, 15) is 4.79 Å². The Kier molecular flexibility index (Phi) is 9.96. The molecule has 1 aliphatic heterocycles. The predicted molar refractivity (Wildman–Crippen MR) is 115 cm³/mol. The highest BCUT2D eigenvalue weighted by Crippen LogP contribution is 2.23. The smallest absolute Gasteiger partial charge is 0.237 e. The summed E-state index contributed by atoms with van der Waals surface area (Å²) in [4.78, 5) is 17.4. The number of ether oxygens (including phenoxy) is 1. The van der Waals surface area contributed by atoms with E-state index in [4.69, 9.17) is 4.74 Å². The summed E-state index contributed by atoms with van der Waals surface area (Å²) in [5, 5.41) is 3.17. The van der Waals surface area contributed by atoms with Gasteiger partial charge < -0.3 is 15.0 Å². The van der Waals surface area contributed by atoms with E-state index in [2.05, 4.69) is 41.2 Å². The SMILES string of the molecule is COCCN(C)CCCC1CCN([C@H](C)C(=O)N[C@H](C)c2ccccc2)CC1. The molecule has 0 bridgehead atoms. The molecule has 1 saturated heterocycles. The fourth-order valence-electron chi connectivity index (χ4n) is 3.96. The van der Waals surface area contributed by atoms with Crippen molar-refractivity contribution in [3.63, 3.8) is 0 Å². The molecule has 0 unspecified atom stereocenters. The van der Waals surface area contributed by atoms with Crippen molar-refractivity contribution in [3.8, 4) is 0 Å². The van der Waals surface area contributed by atoms with Crippen molar-refractivity contribution in [3.05, 3.63) is 35.9 Å². The summed E-state index contributed by atoms with van der Waals surface area (Å²) in [6.07, 6.45) is 4.94. The zero-order valence-corrected chi connectivity index (χ0v) is 18.2.